The second kappa shape index (κ2) is 10.9. The van der Waals surface area contributed by atoms with Gasteiger partial charge in [-0.3, -0.25) is 0 Å². The first-order valence-electron chi connectivity index (χ1n) is 10.9. The number of hydrogen-bond acceptors (Lipinski definition) is 0. The first kappa shape index (κ1) is 22.7. The van der Waals surface area contributed by atoms with E-state index in [0.717, 1.165) is 43.2 Å². The number of hydrogen-bond donors (Lipinski definition) is 0. The van der Waals surface area contributed by atoms with Crippen molar-refractivity contribution in [2.75, 3.05) is 0 Å². The summed E-state index contributed by atoms with van der Waals surface area (Å²) in [6.07, 6.45) is 5.47. The van der Waals surface area contributed by atoms with Gasteiger partial charge in [-0.25, -0.2) is 13.2 Å². The second-order valence-corrected chi connectivity index (χ2v) is 7.75. The highest BCUT2D eigenvalue weighted by Crippen LogP contribution is 2.25. The van der Waals surface area contributed by atoms with Crippen molar-refractivity contribution < 1.29 is 13.2 Å². The molecule has 31 heavy (non-hydrogen) atoms. The van der Waals surface area contributed by atoms with Crippen LogP contribution in [0.3, 0.4) is 0 Å². The minimum atomic E-state index is -0.906. The van der Waals surface area contributed by atoms with Crippen LogP contribution < -0.4 is 0 Å². The normalized spacial score (nSPS) is 10.6. The molecular weight excluding hydrogens is 393 g/mol. The number of unbranched alkanes of at least 4 members (excludes halogenated alkanes) is 2. The monoisotopic (exact) mass is 420 g/mol. The molecule has 3 heteroatoms. The van der Waals surface area contributed by atoms with Gasteiger partial charge in [0.15, 0.2) is 11.6 Å². The van der Waals surface area contributed by atoms with Crippen LogP contribution in [0.1, 0.15) is 61.8 Å². The van der Waals surface area contributed by atoms with Crippen molar-refractivity contribution in [2.45, 2.75) is 52.4 Å². The van der Waals surface area contributed by atoms with Gasteiger partial charge in [0.1, 0.15) is 5.82 Å². The van der Waals surface area contributed by atoms with Gasteiger partial charge in [0.2, 0.25) is 0 Å². The fraction of sp³-hybridized carbons (Fsp3) is 0.286. The van der Waals surface area contributed by atoms with Gasteiger partial charge in [-0.1, -0.05) is 75.3 Å². The Morgan fingerprint density at radius 3 is 2.16 bits per heavy atom. The molecule has 0 amide bonds. The highest BCUT2D eigenvalue weighted by Gasteiger charge is 2.11. The Labute approximate surface area is 183 Å². The van der Waals surface area contributed by atoms with Crippen LogP contribution >= 0.6 is 0 Å². The summed E-state index contributed by atoms with van der Waals surface area (Å²) in [7, 11) is 0. The Morgan fingerprint density at radius 1 is 0.710 bits per heavy atom. The van der Waals surface area contributed by atoms with E-state index in [1.165, 1.54) is 6.07 Å². The van der Waals surface area contributed by atoms with Crippen LogP contribution in [-0.2, 0) is 12.8 Å². The molecule has 0 aliphatic rings. The van der Waals surface area contributed by atoms with Crippen molar-refractivity contribution in [2.24, 2.45) is 0 Å². The zero-order valence-electron chi connectivity index (χ0n) is 18.1. The fourth-order valence-electron chi connectivity index (χ4n) is 3.55. The van der Waals surface area contributed by atoms with Gasteiger partial charge in [0, 0.05) is 11.1 Å². The molecule has 0 unspecified atom stereocenters. The maximum Gasteiger partial charge on any atom is 0.174 e. The molecule has 0 bridgehead atoms. The molecule has 0 saturated carbocycles. The topological polar surface area (TPSA) is 0 Å². The van der Waals surface area contributed by atoms with E-state index in [4.69, 9.17) is 0 Å². The molecule has 3 rings (SSSR count). The predicted octanol–water partition coefficient (Wildman–Crippen LogP) is 7.86. The lowest BCUT2D eigenvalue weighted by Crippen LogP contribution is -1.97. The molecular formula is C28H27F3. The van der Waals surface area contributed by atoms with Gasteiger partial charge in [-0.15, -0.1) is 0 Å². The van der Waals surface area contributed by atoms with Gasteiger partial charge in [0.25, 0.3) is 0 Å². The van der Waals surface area contributed by atoms with Gasteiger partial charge in [-0.2, -0.15) is 0 Å². The highest BCUT2D eigenvalue weighted by atomic mass is 19.2. The zero-order valence-corrected chi connectivity index (χ0v) is 18.1. The maximum atomic E-state index is 14.6. The zero-order chi connectivity index (χ0) is 22.2. The number of aryl methyl sites for hydroxylation is 2. The molecule has 0 saturated heterocycles. The van der Waals surface area contributed by atoms with Crippen molar-refractivity contribution in [3.05, 3.63) is 94.3 Å². The largest absolute Gasteiger partial charge is 0.206 e. The number of halogens is 3. The van der Waals surface area contributed by atoms with Crippen molar-refractivity contribution in [1.82, 2.24) is 0 Å². The first-order valence-corrected chi connectivity index (χ1v) is 10.9. The minimum Gasteiger partial charge on any atom is -0.206 e. The predicted molar refractivity (Wildman–Crippen MR) is 121 cm³/mol. The van der Waals surface area contributed by atoms with Crippen LogP contribution in [0.25, 0.3) is 11.1 Å². The van der Waals surface area contributed by atoms with E-state index in [9.17, 15) is 13.2 Å². The summed E-state index contributed by atoms with van der Waals surface area (Å²) in [6.45, 7) is 4.07. The molecule has 0 aliphatic carbocycles. The molecule has 3 aromatic rings. The summed E-state index contributed by atoms with van der Waals surface area (Å²) in [5, 5.41) is 0. The second-order valence-electron chi connectivity index (χ2n) is 7.75. The standard InChI is InChI=1S/C28H27F3/c1-3-5-6-8-21-12-18-25(26(29)19-21)22-13-9-20(10-14-22)11-15-24-17-16-23(7-4-2)27(30)28(24)31/h9-10,12-14,16-19H,3-8H2,1-2H3. The molecule has 0 fully saturated rings. The van der Waals surface area contributed by atoms with E-state index in [1.54, 1.807) is 36.4 Å². The van der Waals surface area contributed by atoms with Crippen LogP contribution in [0.5, 0.6) is 0 Å². The van der Waals surface area contributed by atoms with Crippen molar-refractivity contribution in [3.8, 4) is 23.0 Å². The van der Waals surface area contributed by atoms with Crippen molar-refractivity contribution in [3.63, 3.8) is 0 Å². The smallest absolute Gasteiger partial charge is 0.174 e. The molecule has 160 valence electrons. The molecule has 0 spiro atoms. The Balaban J connectivity index is 1.75. The Hall–Kier alpha value is -2.99. The highest BCUT2D eigenvalue weighted by molar-refractivity contribution is 5.65. The summed E-state index contributed by atoms with van der Waals surface area (Å²) < 4.78 is 42.9. The van der Waals surface area contributed by atoms with E-state index in [2.05, 4.69) is 18.8 Å². The molecule has 0 aliphatic heterocycles. The summed E-state index contributed by atoms with van der Waals surface area (Å²) >= 11 is 0. The SMILES string of the molecule is CCCCCc1ccc(-c2ccc(C#Cc3ccc(CCC)c(F)c3F)cc2)c(F)c1. The third-order valence-electron chi connectivity index (χ3n) is 5.32. The van der Waals surface area contributed by atoms with Gasteiger partial charge in [0.05, 0.1) is 5.56 Å². The lowest BCUT2D eigenvalue weighted by atomic mass is 9.99. The summed E-state index contributed by atoms with van der Waals surface area (Å²) in [5.41, 5.74) is 3.36. The van der Waals surface area contributed by atoms with Crippen LogP contribution in [0.15, 0.2) is 54.6 Å². The molecule has 0 nitrogen and oxygen atoms in total. The molecule has 0 atom stereocenters. The molecule has 3 aromatic carbocycles. The molecule has 0 aromatic heterocycles. The average molecular weight is 421 g/mol. The van der Waals surface area contributed by atoms with E-state index in [-0.39, 0.29) is 11.4 Å². The van der Waals surface area contributed by atoms with Gasteiger partial charge < -0.3 is 0 Å². The lowest BCUT2D eigenvalue weighted by Gasteiger charge is -2.07. The quantitative estimate of drug-likeness (QED) is 0.270. The van der Waals surface area contributed by atoms with E-state index < -0.39 is 11.6 Å². The van der Waals surface area contributed by atoms with Crippen LogP contribution in [-0.4, -0.2) is 0 Å². The van der Waals surface area contributed by atoms with Gasteiger partial charge >= 0.3 is 0 Å². The lowest BCUT2D eigenvalue weighted by molar-refractivity contribution is 0.496. The number of benzene rings is 3. The molecule has 0 radical (unpaired) electrons. The first-order chi connectivity index (χ1) is 15.0. The van der Waals surface area contributed by atoms with Crippen LogP contribution in [0, 0.1) is 29.3 Å². The Kier molecular flexibility index (Phi) is 7.95. The van der Waals surface area contributed by atoms with E-state index in [1.807, 2.05) is 19.1 Å². The Bertz CT molecular complexity index is 1090. The van der Waals surface area contributed by atoms with Gasteiger partial charge in [-0.05, 0) is 60.2 Å². The van der Waals surface area contributed by atoms with E-state index in [0.29, 0.717) is 23.1 Å². The van der Waals surface area contributed by atoms with Crippen LogP contribution in [0.4, 0.5) is 13.2 Å². The van der Waals surface area contributed by atoms with E-state index >= 15 is 0 Å². The average Bonchev–Trinajstić information content (AvgIpc) is 2.77. The minimum absolute atomic E-state index is 0.0335. The summed E-state index contributed by atoms with van der Waals surface area (Å²) in [5.74, 6) is 3.60. The van der Waals surface area contributed by atoms with Crippen LogP contribution in [0.2, 0.25) is 0 Å². The number of rotatable bonds is 7. The maximum absolute atomic E-state index is 14.6. The third-order valence-corrected chi connectivity index (χ3v) is 5.32. The van der Waals surface area contributed by atoms with Crippen molar-refractivity contribution in [1.29, 1.82) is 0 Å². The Morgan fingerprint density at radius 2 is 1.48 bits per heavy atom. The third kappa shape index (κ3) is 5.79. The van der Waals surface area contributed by atoms with Crippen molar-refractivity contribution >= 4 is 0 Å². The molecule has 0 heterocycles. The summed E-state index contributed by atoms with van der Waals surface area (Å²) in [6, 6.07) is 15.6. The fourth-order valence-corrected chi connectivity index (χ4v) is 3.55. The summed E-state index contributed by atoms with van der Waals surface area (Å²) in [4.78, 5) is 0. The molecule has 0 N–H and O–H groups in total.